The molecule has 0 aromatic carbocycles. The number of carboxylic acids is 1. The predicted octanol–water partition coefficient (Wildman–Crippen LogP) is -2.42. The van der Waals surface area contributed by atoms with E-state index >= 15 is 0 Å². The van der Waals surface area contributed by atoms with E-state index in [-0.39, 0.29) is 37.0 Å². The average Bonchev–Trinajstić information content (AvgIpc) is 3.06. The van der Waals surface area contributed by atoms with Gasteiger partial charge in [0.15, 0.2) is 0 Å². The Morgan fingerprint density at radius 3 is 1.35 bits per heavy atom. The van der Waals surface area contributed by atoms with E-state index in [9.17, 15) is 48.9 Å². The van der Waals surface area contributed by atoms with Crippen LogP contribution in [0.25, 0.3) is 0 Å². The molecule has 0 aromatic rings. The van der Waals surface area contributed by atoms with Crippen LogP contribution < -0.4 is 43.4 Å². The van der Waals surface area contributed by atoms with Gasteiger partial charge in [0.05, 0.1) is 19.3 Å². The summed E-state index contributed by atoms with van der Waals surface area (Å²) in [6, 6.07) is -8.75. The van der Waals surface area contributed by atoms with E-state index in [2.05, 4.69) is 31.9 Å². The number of carbonyl (C=O) groups excluding carboxylic acids is 6. The Kier molecular flexibility index (Phi) is 22.5. The molecule has 0 rings (SSSR count). The topological polar surface area (TPSA) is 304 Å². The average molecular weight is 731 g/mol. The van der Waals surface area contributed by atoms with Gasteiger partial charge in [-0.25, -0.2) is 4.79 Å². The first-order valence-electron chi connectivity index (χ1n) is 17.5. The molecule has 0 aliphatic rings. The van der Waals surface area contributed by atoms with Crippen molar-refractivity contribution in [1.29, 1.82) is 0 Å². The highest BCUT2D eigenvalue weighted by atomic mass is 16.4. The number of nitrogens with two attached hydrogens (primary N) is 2. The molecule has 6 amide bonds. The Hall–Kier alpha value is -3.87. The molecular formula is C33H62N8O10. The van der Waals surface area contributed by atoms with Crippen molar-refractivity contribution in [3.8, 4) is 0 Å². The fourth-order valence-electron chi connectivity index (χ4n) is 4.82. The lowest BCUT2D eigenvalue weighted by atomic mass is 9.97. The third-order valence-electron chi connectivity index (χ3n) is 8.18. The Balaban J connectivity index is 5.66. The second-order valence-electron chi connectivity index (χ2n) is 13.7. The molecular weight excluding hydrogens is 668 g/mol. The lowest BCUT2D eigenvalue weighted by Crippen LogP contribution is -2.61. The van der Waals surface area contributed by atoms with Crippen LogP contribution in [0.5, 0.6) is 0 Å². The third-order valence-corrected chi connectivity index (χ3v) is 8.18. The number of aliphatic hydroxyl groups is 2. The number of aliphatic carboxylic acids is 1. The smallest absolute Gasteiger partial charge is 0.326 e. The van der Waals surface area contributed by atoms with Crippen molar-refractivity contribution >= 4 is 41.4 Å². The van der Waals surface area contributed by atoms with Crippen molar-refractivity contribution in [2.24, 2.45) is 29.2 Å². The van der Waals surface area contributed by atoms with Crippen LogP contribution in [0.15, 0.2) is 0 Å². The van der Waals surface area contributed by atoms with Crippen LogP contribution >= 0.6 is 0 Å². The summed E-state index contributed by atoms with van der Waals surface area (Å²) in [5.74, 6) is -6.38. The summed E-state index contributed by atoms with van der Waals surface area (Å²) in [6.07, 6.45) is 2.15. The molecule has 0 bridgehead atoms. The molecule has 18 nitrogen and oxygen atoms in total. The molecule has 0 saturated heterocycles. The Bertz CT molecular complexity index is 1150. The fraction of sp³-hybridized carbons (Fsp3) is 0.788. The van der Waals surface area contributed by atoms with Crippen LogP contribution in [0.4, 0.5) is 0 Å². The summed E-state index contributed by atoms with van der Waals surface area (Å²) in [6.45, 7) is 10.8. The minimum Gasteiger partial charge on any atom is -0.480 e. The Morgan fingerprint density at radius 1 is 0.569 bits per heavy atom. The first kappa shape index (κ1) is 47.1. The number of carbonyl (C=O) groups is 7. The van der Waals surface area contributed by atoms with Gasteiger partial charge in [-0.05, 0) is 63.3 Å². The largest absolute Gasteiger partial charge is 0.480 e. The molecule has 0 fully saturated rings. The number of rotatable bonds is 25. The van der Waals surface area contributed by atoms with Crippen molar-refractivity contribution in [2.75, 3.05) is 19.8 Å². The van der Waals surface area contributed by atoms with Crippen molar-refractivity contribution in [2.45, 2.75) is 129 Å². The van der Waals surface area contributed by atoms with Gasteiger partial charge >= 0.3 is 5.97 Å². The van der Waals surface area contributed by atoms with E-state index in [4.69, 9.17) is 11.5 Å². The highest BCUT2D eigenvalue weighted by molar-refractivity contribution is 5.97. The summed E-state index contributed by atoms with van der Waals surface area (Å²) in [5.41, 5.74) is 11.5. The Labute approximate surface area is 300 Å². The van der Waals surface area contributed by atoms with Crippen molar-refractivity contribution < 1.29 is 48.9 Å². The van der Waals surface area contributed by atoms with Gasteiger partial charge in [-0.15, -0.1) is 0 Å². The van der Waals surface area contributed by atoms with E-state index < -0.39 is 96.9 Å². The summed E-state index contributed by atoms with van der Waals surface area (Å²) < 4.78 is 0. The quantitative estimate of drug-likeness (QED) is 0.0438. The second-order valence-corrected chi connectivity index (χ2v) is 13.7. The van der Waals surface area contributed by atoms with E-state index in [0.29, 0.717) is 25.8 Å². The van der Waals surface area contributed by atoms with Gasteiger partial charge in [0, 0.05) is 0 Å². The van der Waals surface area contributed by atoms with Gasteiger partial charge in [0.25, 0.3) is 0 Å². The second kappa shape index (κ2) is 24.3. The molecule has 294 valence electrons. The number of aliphatic hydroxyl groups excluding tert-OH is 2. The molecule has 18 heteroatoms. The fourth-order valence-corrected chi connectivity index (χ4v) is 4.82. The maximum absolute atomic E-state index is 13.4. The number of hydrogen-bond acceptors (Lipinski definition) is 11. The number of carboxylic acid groups (broad SMARTS) is 1. The minimum atomic E-state index is -1.62. The van der Waals surface area contributed by atoms with Crippen molar-refractivity contribution in [1.82, 2.24) is 31.9 Å². The molecule has 0 spiro atoms. The normalized spacial score (nSPS) is 16.0. The maximum atomic E-state index is 13.4. The minimum absolute atomic E-state index is 0.0112. The van der Waals surface area contributed by atoms with Gasteiger partial charge < -0.3 is 58.7 Å². The van der Waals surface area contributed by atoms with Gasteiger partial charge in [-0.3, -0.25) is 28.8 Å². The van der Waals surface area contributed by atoms with Crippen molar-refractivity contribution in [3.05, 3.63) is 0 Å². The molecule has 0 aliphatic heterocycles. The first-order chi connectivity index (χ1) is 23.8. The molecule has 13 N–H and O–H groups in total. The zero-order valence-corrected chi connectivity index (χ0v) is 31.0. The van der Waals surface area contributed by atoms with E-state index in [1.165, 1.54) is 6.92 Å². The molecule has 0 heterocycles. The van der Waals surface area contributed by atoms with Crippen LogP contribution in [-0.4, -0.2) is 119 Å². The third kappa shape index (κ3) is 17.8. The lowest BCUT2D eigenvalue weighted by Gasteiger charge is -2.28. The zero-order chi connectivity index (χ0) is 39.4. The van der Waals surface area contributed by atoms with E-state index in [1.807, 2.05) is 27.7 Å². The van der Waals surface area contributed by atoms with Gasteiger partial charge in [0.2, 0.25) is 35.4 Å². The van der Waals surface area contributed by atoms with Crippen molar-refractivity contribution in [3.63, 3.8) is 0 Å². The summed E-state index contributed by atoms with van der Waals surface area (Å²) >= 11 is 0. The molecule has 0 aliphatic carbocycles. The molecule has 0 aromatic heterocycles. The number of hydrogen-bond donors (Lipinski definition) is 11. The summed E-state index contributed by atoms with van der Waals surface area (Å²) in [4.78, 5) is 89.5. The standard InChI is InChI=1S/C33H62N8O10/c1-8-19(6)26(35)32(49)39-23(14-18(4)5)28(45)38-22(13-17(2)3)29(46)40-25(16-43)31(48)41-24(15-42)30(47)36-20(7)27(44)37-21(33(50)51)11-9-10-12-34/h17-26,42-43H,8-16,34-35H2,1-7H3,(H,36,47)(H,37,44)(H,38,45)(H,39,49)(H,40,46)(H,41,48)(H,50,51)/t19-,20-,21-,22-,23-,24-,25-,26-/m0/s1. The SMILES string of the molecule is CC[C@H](C)[C@H](N)C(=O)N[C@@H](CC(C)C)C(=O)N[C@@H](CC(C)C)C(=O)N[C@@H](CO)C(=O)N[C@@H](CO)C(=O)N[C@@H](C)C(=O)N[C@@H](CCCCN)C(=O)O. The molecule has 8 atom stereocenters. The summed E-state index contributed by atoms with van der Waals surface area (Å²) in [5, 5.41) is 43.7. The first-order valence-corrected chi connectivity index (χ1v) is 17.5. The van der Waals surface area contributed by atoms with Gasteiger partial charge in [-0.1, -0.05) is 48.0 Å². The molecule has 0 unspecified atom stereocenters. The number of unbranched alkanes of at least 4 members (excludes halogenated alkanes) is 1. The van der Waals surface area contributed by atoms with Crippen LogP contribution in [-0.2, 0) is 33.6 Å². The predicted molar refractivity (Wildman–Crippen MR) is 188 cm³/mol. The van der Waals surface area contributed by atoms with Crippen LogP contribution in [0.2, 0.25) is 0 Å². The van der Waals surface area contributed by atoms with Crippen LogP contribution in [0.1, 0.15) is 87.0 Å². The van der Waals surface area contributed by atoms with E-state index in [1.54, 1.807) is 13.8 Å². The number of nitrogens with one attached hydrogen (secondary N) is 6. The summed E-state index contributed by atoms with van der Waals surface area (Å²) in [7, 11) is 0. The van der Waals surface area contributed by atoms with Crippen LogP contribution in [0.3, 0.4) is 0 Å². The maximum Gasteiger partial charge on any atom is 0.326 e. The number of amides is 6. The monoisotopic (exact) mass is 730 g/mol. The Morgan fingerprint density at radius 2 is 0.961 bits per heavy atom. The van der Waals surface area contributed by atoms with Gasteiger partial charge in [-0.2, -0.15) is 0 Å². The highest BCUT2D eigenvalue weighted by Crippen LogP contribution is 2.11. The molecule has 0 radical (unpaired) electrons. The molecule has 51 heavy (non-hydrogen) atoms. The van der Waals surface area contributed by atoms with Gasteiger partial charge in [0.1, 0.15) is 36.3 Å². The zero-order valence-electron chi connectivity index (χ0n) is 31.0. The highest BCUT2D eigenvalue weighted by Gasteiger charge is 2.33. The lowest BCUT2D eigenvalue weighted by molar-refractivity contribution is -0.142. The van der Waals surface area contributed by atoms with Crippen LogP contribution in [0, 0.1) is 17.8 Å². The van der Waals surface area contributed by atoms with E-state index in [0.717, 1.165) is 0 Å². The molecule has 0 saturated carbocycles.